The van der Waals surface area contributed by atoms with Crippen LogP contribution in [0.4, 0.5) is 4.39 Å². The Morgan fingerprint density at radius 2 is 1.75 bits per heavy atom. The van der Waals surface area contributed by atoms with Crippen molar-refractivity contribution in [2.75, 3.05) is 0 Å². The Kier molecular flexibility index (Phi) is 3.45. The van der Waals surface area contributed by atoms with Crippen molar-refractivity contribution in [3.8, 4) is 5.75 Å². The van der Waals surface area contributed by atoms with Gasteiger partial charge in [-0.1, -0.05) is 24.3 Å². The second-order valence-electron chi connectivity index (χ2n) is 5.37. The molecule has 20 heavy (non-hydrogen) atoms. The molecule has 2 N–H and O–H groups in total. The first-order valence-corrected chi connectivity index (χ1v) is 6.92. The van der Waals surface area contributed by atoms with Crippen LogP contribution in [0, 0.1) is 12.7 Å². The number of benzene rings is 2. The summed E-state index contributed by atoms with van der Waals surface area (Å²) in [5.41, 5.74) is 8.56. The SMILES string of the molecule is Cc1ccc(C(N)c2ccc(OC3CC3)cc2)cc1F. The minimum atomic E-state index is -0.319. The normalized spacial score (nSPS) is 15.9. The fourth-order valence-electron chi connectivity index (χ4n) is 2.13. The van der Waals surface area contributed by atoms with E-state index in [0.717, 1.165) is 29.7 Å². The predicted molar refractivity (Wildman–Crippen MR) is 77.3 cm³/mol. The first-order chi connectivity index (χ1) is 9.63. The van der Waals surface area contributed by atoms with E-state index in [1.54, 1.807) is 13.0 Å². The van der Waals surface area contributed by atoms with Crippen molar-refractivity contribution in [1.82, 2.24) is 0 Å². The van der Waals surface area contributed by atoms with E-state index in [1.807, 2.05) is 30.3 Å². The fraction of sp³-hybridized carbons (Fsp3) is 0.294. The van der Waals surface area contributed by atoms with Crippen LogP contribution in [-0.4, -0.2) is 6.10 Å². The lowest BCUT2D eigenvalue weighted by Crippen LogP contribution is -2.12. The second-order valence-corrected chi connectivity index (χ2v) is 5.37. The van der Waals surface area contributed by atoms with Gasteiger partial charge in [-0.3, -0.25) is 0 Å². The lowest BCUT2D eigenvalue weighted by molar-refractivity contribution is 0.303. The molecule has 0 heterocycles. The molecule has 0 amide bonds. The molecular formula is C17H18FNO. The summed E-state index contributed by atoms with van der Waals surface area (Å²) >= 11 is 0. The smallest absolute Gasteiger partial charge is 0.126 e. The predicted octanol–water partition coefficient (Wildman–Crippen LogP) is 3.72. The van der Waals surface area contributed by atoms with Crippen LogP contribution in [0.15, 0.2) is 42.5 Å². The molecule has 104 valence electrons. The van der Waals surface area contributed by atoms with Crippen LogP contribution >= 0.6 is 0 Å². The second kappa shape index (κ2) is 5.25. The molecule has 1 fully saturated rings. The lowest BCUT2D eigenvalue weighted by atomic mass is 9.98. The lowest BCUT2D eigenvalue weighted by Gasteiger charge is -2.14. The van der Waals surface area contributed by atoms with Crippen LogP contribution < -0.4 is 10.5 Å². The zero-order chi connectivity index (χ0) is 14.1. The number of nitrogens with two attached hydrogens (primary N) is 1. The Labute approximate surface area is 118 Å². The van der Waals surface area contributed by atoms with E-state index in [0.29, 0.717) is 11.7 Å². The van der Waals surface area contributed by atoms with Crippen LogP contribution in [0.1, 0.15) is 35.6 Å². The Hall–Kier alpha value is -1.87. The van der Waals surface area contributed by atoms with Crippen LogP contribution in [0.3, 0.4) is 0 Å². The molecule has 1 atom stereocenters. The third-order valence-electron chi connectivity index (χ3n) is 3.62. The van der Waals surface area contributed by atoms with E-state index < -0.39 is 0 Å². The van der Waals surface area contributed by atoms with E-state index in [9.17, 15) is 4.39 Å². The van der Waals surface area contributed by atoms with Crippen molar-refractivity contribution in [3.63, 3.8) is 0 Å². The molecule has 1 aliphatic carbocycles. The van der Waals surface area contributed by atoms with Gasteiger partial charge in [0.2, 0.25) is 0 Å². The first-order valence-electron chi connectivity index (χ1n) is 6.92. The molecule has 1 unspecified atom stereocenters. The summed E-state index contributed by atoms with van der Waals surface area (Å²) in [6.07, 6.45) is 2.68. The van der Waals surface area contributed by atoms with Crippen molar-refractivity contribution >= 4 is 0 Å². The number of aryl methyl sites for hydroxylation is 1. The molecule has 0 spiro atoms. The average molecular weight is 271 g/mol. The molecule has 0 aromatic heterocycles. The number of halogens is 1. The van der Waals surface area contributed by atoms with Gasteiger partial charge in [0.1, 0.15) is 11.6 Å². The minimum Gasteiger partial charge on any atom is -0.490 e. The summed E-state index contributed by atoms with van der Waals surface area (Å²) in [6.45, 7) is 1.74. The standard InChI is InChI=1S/C17H18FNO/c1-11-2-3-13(10-16(11)18)17(19)12-4-6-14(7-5-12)20-15-8-9-15/h2-7,10,15,17H,8-9,19H2,1H3. The number of hydrogen-bond donors (Lipinski definition) is 1. The van der Waals surface area contributed by atoms with E-state index in [4.69, 9.17) is 10.5 Å². The van der Waals surface area contributed by atoms with Crippen molar-refractivity contribution in [2.45, 2.75) is 31.9 Å². The number of rotatable bonds is 4. The van der Waals surface area contributed by atoms with Crippen LogP contribution in [-0.2, 0) is 0 Å². The highest BCUT2D eigenvalue weighted by molar-refractivity contribution is 5.36. The Morgan fingerprint density at radius 3 is 2.35 bits per heavy atom. The van der Waals surface area contributed by atoms with Gasteiger partial charge in [0.25, 0.3) is 0 Å². The molecule has 1 saturated carbocycles. The first kappa shape index (κ1) is 13.1. The molecule has 2 aromatic carbocycles. The van der Waals surface area contributed by atoms with Crippen LogP contribution in [0.2, 0.25) is 0 Å². The van der Waals surface area contributed by atoms with Gasteiger partial charge in [-0.15, -0.1) is 0 Å². The Balaban J connectivity index is 1.78. The molecule has 3 rings (SSSR count). The van der Waals surface area contributed by atoms with E-state index in [2.05, 4.69) is 0 Å². The molecule has 0 aliphatic heterocycles. The highest BCUT2D eigenvalue weighted by Crippen LogP contribution is 2.28. The monoisotopic (exact) mass is 271 g/mol. The summed E-state index contributed by atoms with van der Waals surface area (Å²) < 4.78 is 19.3. The summed E-state index contributed by atoms with van der Waals surface area (Å²) in [6, 6.07) is 12.6. The molecule has 2 aromatic rings. The Morgan fingerprint density at radius 1 is 1.10 bits per heavy atom. The fourth-order valence-corrected chi connectivity index (χ4v) is 2.13. The van der Waals surface area contributed by atoms with Crippen LogP contribution in [0.5, 0.6) is 5.75 Å². The van der Waals surface area contributed by atoms with E-state index in [1.165, 1.54) is 6.07 Å². The molecule has 0 saturated heterocycles. The topological polar surface area (TPSA) is 35.2 Å². The van der Waals surface area contributed by atoms with Crippen molar-refractivity contribution in [1.29, 1.82) is 0 Å². The van der Waals surface area contributed by atoms with Gasteiger partial charge in [0.05, 0.1) is 12.1 Å². The highest BCUT2D eigenvalue weighted by atomic mass is 19.1. The van der Waals surface area contributed by atoms with Gasteiger partial charge in [0, 0.05) is 0 Å². The summed E-state index contributed by atoms with van der Waals surface area (Å²) in [4.78, 5) is 0. The summed E-state index contributed by atoms with van der Waals surface area (Å²) in [5.74, 6) is 0.658. The zero-order valence-corrected chi connectivity index (χ0v) is 11.5. The number of hydrogen-bond acceptors (Lipinski definition) is 2. The van der Waals surface area contributed by atoms with E-state index >= 15 is 0 Å². The van der Waals surface area contributed by atoms with Gasteiger partial charge < -0.3 is 10.5 Å². The maximum atomic E-state index is 13.6. The maximum absolute atomic E-state index is 13.6. The molecule has 2 nitrogen and oxygen atoms in total. The van der Waals surface area contributed by atoms with Crippen LogP contribution in [0.25, 0.3) is 0 Å². The quantitative estimate of drug-likeness (QED) is 0.919. The average Bonchev–Trinajstić information content (AvgIpc) is 3.26. The van der Waals surface area contributed by atoms with Gasteiger partial charge in [-0.05, 0) is 54.7 Å². The molecule has 3 heteroatoms. The van der Waals surface area contributed by atoms with Gasteiger partial charge in [-0.2, -0.15) is 0 Å². The van der Waals surface area contributed by atoms with Gasteiger partial charge in [0.15, 0.2) is 0 Å². The number of ether oxygens (including phenoxy) is 1. The molecule has 1 aliphatic rings. The van der Waals surface area contributed by atoms with E-state index in [-0.39, 0.29) is 11.9 Å². The largest absolute Gasteiger partial charge is 0.490 e. The zero-order valence-electron chi connectivity index (χ0n) is 11.5. The van der Waals surface area contributed by atoms with Gasteiger partial charge >= 0.3 is 0 Å². The molecule has 0 radical (unpaired) electrons. The summed E-state index contributed by atoms with van der Waals surface area (Å²) in [7, 11) is 0. The van der Waals surface area contributed by atoms with Gasteiger partial charge in [-0.25, -0.2) is 4.39 Å². The third kappa shape index (κ3) is 2.83. The van der Waals surface area contributed by atoms with Crippen molar-refractivity contribution in [3.05, 3.63) is 65.0 Å². The summed E-state index contributed by atoms with van der Waals surface area (Å²) in [5, 5.41) is 0. The molecular weight excluding hydrogens is 253 g/mol. The van der Waals surface area contributed by atoms with Crippen molar-refractivity contribution in [2.24, 2.45) is 5.73 Å². The molecule has 0 bridgehead atoms. The van der Waals surface area contributed by atoms with Crippen molar-refractivity contribution < 1.29 is 9.13 Å². The third-order valence-corrected chi connectivity index (χ3v) is 3.62. The minimum absolute atomic E-state index is 0.216. The highest BCUT2D eigenvalue weighted by Gasteiger charge is 2.23. The Bertz CT molecular complexity index is 605. The maximum Gasteiger partial charge on any atom is 0.126 e.